The highest BCUT2D eigenvalue weighted by atomic mass is 15.2. The average molecular weight is 225 g/mol. The molecule has 1 aliphatic carbocycles. The van der Waals surface area contributed by atoms with Crippen molar-refractivity contribution in [2.45, 2.75) is 51.1 Å². The van der Waals surface area contributed by atoms with Crippen LogP contribution in [-0.4, -0.2) is 42.7 Å². The van der Waals surface area contributed by atoms with E-state index in [1.807, 2.05) is 0 Å². The monoisotopic (exact) mass is 225 g/mol. The molecule has 1 aliphatic heterocycles. The number of rotatable bonds is 6. The van der Waals surface area contributed by atoms with Crippen LogP contribution in [0, 0.1) is 5.92 Å². The number of likely N-dealkylation sites (tertiary alicyclic amines) is 1. The number of nitrogens with one attached hydrogen (secondary N) is 1. The van der Waals surface area contributed by atoms with E-state index < -0.39 is 0 Å². The van der Waals surface area contributed by atoms with Crippen molar-refractivity contribution in [1.29, 1.82) is 0 Å². The van der Waals surface area contributed by atoms with Gasteiger partial charge in [0.05, 0.1) is 0 Å². The molecular weight excluding hydrogens is 198 g/mol. The van der Waals surface area contributed by atoms with Crippen molar-refractivity contribution in [2.24, 2.45) is 11.7 Å². The van der Waals surface area contributed by atoms with Gasteiger partial charge < -0.3 is 11.1 Å². The second-order valence-corrected chi connectivity index (χ2v) is 5.96. The van der Waals surface area contributed by atoms with E-state index in [9.17, 15) is 0 Å². The van der Waals surface area contributed by atoms with E-state index in [1.165, 1.54) is 32.2 Å². The maximum atomic E-state index is 5.97. The minimum atomic E-state index is 0.208. The third-order valence-corrected chi connectivity index (χ3v) is 4.25. The number of hydrogen-bond acceptors (Lipinski definition) is 3. The molecule has 1 saturated heterocycles. The quantitative estimate of drug-likeness (QED) is 0.713. The fraction of sp³-hybridized carbons (Fsp3) is 1.00. The van der Waals surface area contributed by atoms with Gasteiger partial charge in [-0.3, -0.25) is 4.90 Å². The SMILES string of the molecule is CC(C)N1CCC(CN)(NCCC2CC2)C1. The van der Waals surface area contributed by atoms with Crippen molar-refractivity contribution in [3.8, 4) is 0 Å². The van der Waals surface area contributed by atoms with E-state index in [0.717, 1.165) is 25.6 Å². The lowest BCUT2D eigenvalue weighted by molar-refractivity contribution is 0.241. The molecule has 0 bridgehead atoms. The Balaban J connectivity index is 1.77. The van der Waals surface area contributed by atoms with Crippen LogP contribution in [0.1, 0.15) is 39.5 Å². The normalized spacial score (nSPS) is 31.5. The lowest BCUT2D eigenvalue weighted by atomic mass is 9.98. The van der Waals surface area contributed by atoms with E-state index in [1.54, 1.807) is 0 Å². The van der Waals surface area contributed by atoms with Gasteiger partial charge in [0, 0.05) is 31.2 Å². The molecule has 16 heavy (non-hydrogen) atoms. The van der Waals surface area contributed by atoms with Crippen molar-refractivity contribution in [3.63, 3.8) is 0 Å². The highest BCUT2D eigenvalue weighted by Crippen LogP contribution is 2.32. The van der Waals surface area contributed by atoms with E-state index in [0.29, 0.717) is 6.04 Å². The maximum Gasteiger partial charge on any atom is 0.0444 e. The van der Waals surface area contributed by atoms with E-state index in [2.05, 4.69) is 24.1 Å². The van der Waals surface area contributed by atoms with Crippen LogP contribution in [0.15, 0.2) is 0 Å². The Hall–Kier alpha value is -0.120. The van der Waals surface area contributed by atoms with Crippen LogP contribution in [-0.2, 0) is 0 Å². The summed E-state index contributed by atoms with van der Waals surface area (Å²) >= 11 is 0. The minimum Gasteiger partial charge on any atom is -0.329 e. The fourth-order valence-electron chi connectivity index (χ4n) is 2.68. The van der Waals surface area contributed by atoms with Gasteiger partial charge in [-0.05, 0) is 39.2 Å². The molecule has 0 amide bonds. The van der Waals surface area contributed by atoms with Gasteiger partial charge >= 0.3 is 0 Å². The zero-order valence-corrected chi connectivity index (χ0v) is 10.8. The largest absolute Gasteiger partial charge is 0.329 e. The lowest BCUT2D eigenvalue weighted by Gasteiger charge is -2.30. The summed E-state index contributed by atoms with van der Waals surface area (Å²) < 4.78 is 0. The summed E-state index contributed by atoms with van der Waals surface area (Å²) in [5.41, 5.74) is 6.18. The average Bonchev–Trinajstić information content (AvgIpc) is 2.97. The smallest absolute Gasteiger partial charge is 0.0444 e. The first-order chi connectivity index (χ1) is 7.65. The Morgan fingerprint density at radius 1 is 1.44 bits per heavy atom. The molecule has 0 aromatic heterocycles. The summed E-state index contributed by atoms with van der Waals surface area (Å²) in [6, 6.07) is 0.652. The van der Waals surface area contributed by atoms with Crippen molar-refractivity contribution in [3.05, 3.63) is 0 Å². The van der Waals surface area contributed by atoms with Gasteiger partial charge in [-0.1, -0.05) is 12.8 Å². The van der Waals surface area contributed by atoms with E-state index >= 15 is 0 Å². The molecule has 2 fully saturated rings. The van der Waals surface area contributed by atoms with Gasteiger partial charge in [0.25, 0.3) is 0 Å². The molecular formula is C13H27N3. The summed E-state index contributed by atoms with van der Waals surface area (Å²) in [6.45, 7) is 8.82. The molecule has 0 spiro atoms. The molecule has 2 aliphatic rings. The number of nitrogens with two attached hydrogens (primary N) is 1. The van der Waals surface area contributed by atoms with Crippen LogP contribution in [0.4, 0.5) is 0 Å². The molecule has 3 nitrogen and oxygen atoms in total. The Labute approximate surface area is 99.8 Å². The minimum absolute atomic E-state index is 0.208. The first kappa shape index (κ1) is 12.3. The highest BCUT2D eigenvalue weighted by molar-refractivity contribution is 4.99. The molecule has 94 valence electrons. The van der Waals surface area contributed by atoms with Crippen molar-refractivity contribution in [1.82, 2.24) is 10.2 Å². The number of hydrogen-bond donors (Lipinski definition) is 2. The van der Waals surface area contributed by atoms with Gasteiger partial charge in [0.2, 0.25) is 0 Å². The van der Waals surface area contributed by atoms with Crippen LogP contribution in [0.2, 0.25) is 0 Å². The Morgan fingerprint density at radius 2 is 2.19 bits per heavy atom. The predicted octanol–water partition coefficient (Wildman–Crippen LogP) is 1.19. The Bertz CT molecular complexity index is 225. The first-order valence-corrected chi connectivity index (χ1v) is 6.84. The standard InChI is InChI=1S/C13H27N3/c1-11(2)16-8-6-13(9-14,10-16)15-7-5-12-3-4-12/h11-12,15H,3-10,14H2,1-2H3. The zero-order valence-electron chi connectivity index (χ0n) is 10.8. The highest BCUT2D eigenvalue weighted by Gasteiger charge is 2.37. The number of nitrogens with zero attached hydrogens (tertiary/aromatic N) is 1. The van der Waals surface area contributed by atoms with Gasteiger partial charge in [0.15, 0.2) is 0 Å². The van der Waals surface area contributed by atoms with Gasteiger partial charge in [0.1, 0.15) is 0 Å². The van der Waals surface area contributed by atoms with Crippen LogP contribution in [0.3, 0.4) is 0 Å². The van der Waals surface area contributed by atoms with Gasteiger partial charge in [-0.15, -0.1) is 0 Å². The third-order valence-electron chi connectivity index (χ3n) is 4.25. The van der Waals surface area contributed by atoms with Gasteiger partial charge in [-0.25, -0.2) is 0 Å². The molecule has 2 rings (SSSR count). The van der Waals surface area contributed by atoms with Crippen molar-refractivity contribution < 1.29 is 0 Å². The van der Waals surface area contributed by atoms with Crippen LogP contribution < -0.4 is 11.1 Å². The molecule has 3 N–H and O–H groups in total. The second kappa shape index (κ2) is 5.03. The summed E-state index contributed by atoms with van der Waals surface area (Å²) in [7, 11) is 0. The van der Waals surface area contributed by atoms with Crippen molar-refractivity contribution >= 4 is 0 Å². The van der Waals surface area contributed by atoms with Crippen LogP contribution in [0.25, 0.3) is 0 Å². The van der Waals surface area contributed by atoms with Crippen molar-refractivity contribution in [2.75, 3.05) is 26.2 Å². The van der Waals surface area contributed by atoms with Gasteiger partial charge in [-0.2, -0.15) is 0 Å². The molecule has 1 heterocycles. The maximum absolute atomic E-state index is 5.97. The third kappa shape index (κ3) is 2.96. The topological polar surface area (TPSA) is 41.3 Å². The fourth-order valence-corrected chi connectivity index (χ4v) is 2.68. The first-order valence-electron chi connectivity index (χ1n) is 6.84. The van der Waals surface area contributed by atoms with E-state index in [-0.39, 0.29) is 5.54 Å². The Kier molecular flexibility index (Phi) is 3.88. The summed E-state index contributed by atoms with van der Waals surface area (Å²) in [5.74, 6) is 1.02. The molecule has 0 aromatic carbocycles. The second-order valence-electron chi connectivity index (χ2n) is 5.96. The molecule has 1 atom stereocenters. The van der Waals surface area contributed by atoms with E-state index in [4.69, 9.17) is 5.73 Å². The summed E-state index contributed by atoms with van der Waals surface area (Å²) in [5, 5.41) is 3.73. The van der Waals surface area contributed by atoms with Crippen LogP contribution in [0.5, 0.6) is 0 Å². The molecule has 0 radical (unpaired) electrons. The Morgan fingerprint density at radius 3 is 2.69 bits per heavy atom. The lowest BCUT2D eigenvalue weighted by Crippen LogP contribution is -2.54. The predicted molar refractivity (Wildman–Crippen MR) is 68.5 cm³/mol. The van der Waals surface area contributed by atoms with Crippen LogP contribution >= 0.6 is 0 Å². The zero-order chi connectivity index (χ0) is 11.6. The molecule has 0 aromatic rings. The molecule has 3 heteroatoms. The summed E-state index contributed by atoms with van der Waals surface area (Å²) in [6.07, 6.45) is 5.47. The molecule has 1 unspecified atom stereocenters. The molecule has 1 saturated carbocycles. The summed E-state index contributed by atoms with van der Waals surface area (Å²) in [4.78, 5) is 2.54.